The van der Waals surface area contributed by atoms with Crippen LogP contribution in [0.15, 0.2) is 29.7 Å². The molecule has 136 valence electrons. The minimum absolute atomic E-state index is 0.0399. The summed E-state index contributed by atoms with van der Waals surface area (Å²) < 4.78 is 26.4. The zero-order valence-corrected chi connectivity index (χ0v) is 15.3. The molecule has 1 aliphatic carbocycles. The summed E-state index contributed by atoms with van der Waals surface area (Å²) in [6.07, 6.45) is 3.78. The van der Waals surface area contributed by atoms with Crippen molar-refractivity contribution in [2.24, 2.45) is 0 Å². The molecule has 1 aromatic rings. The van der Waals surface area contributed by atoms with Gasteiger partial charge in [0.25, 0.3) is 0 Å². The van der Waals surface area contributed by atoms with Gasteiger partial charge in [0.1, 0.15) is 0 Å². The standard InChI is InChI=1S/C18H25N3O3S/c1-15-2-4-16(5-3-15)8-13-25(23,24)21-11-9-20(10-12-21)14-18(22)19-17-6-7-17/h2-5,8,13,17H,6-7,9-12,14H2,1H3,(H,19,22)/b13-8+. The number of rotatable bonds is 6. The predicted octanol–water partition coefficient (Wildman–Crippen LogP) is 1.19. The Bertz CT molecular complexity index is 731. The maximum absolute atomic E-state index is 12.4. The van der Waals surface area contributed by atoms with Crippen LogP contribution in [0.3, 0.4) is 0 Å². The highest BCUT2D eigenvalue weighted by Crippen LogP contribution is 2.18. The van der Waals surface area contributed by atoms with Crippen LogP contribution in [-0.4, -0.2) is 62.3 Å². The number of piperazine rings is 1. The predicted molar refractivity (Wildman–Crippen MR) is 98.3 cm³/mol. The van der Waals surface area contributed by atoms with Crippen LogP contribution in [0.1, 0.15) is 24.0 Å². The van der Waals surface area contributed by atoms with Crippen molar-refractivity contribution in [2.45, 2.75) is 25.8 Å². The summed E-state index contributed by atoms with van der Waals surface area (Å²) in [7, 11) is -3.43. The van der Waals surface area contributed by atoms with Crippen molar-refractivity contribution in [2.75, 3.05) is 32.7 Å². The number of aryl methyl sites for hydroxylation is 1. The molecule has 0 atom stereocenters. The fourth-order valence-electron chi connectivity index (χ4n) is 2.77. The van der Waals surface area contributed by atoms with E-state index in [0.717, 1.165) is 24.0 Å². The van der Waals surface area contributed by atoms with E-state index in [0.29, 0.717) is 38.8 Å². The Kier molecular flexibility index (Phi) is 5.56. The van der Waals surface area contributed by atoms with Crippen molar-refractivity contribution in [1.82, 2.24) is 14.5 Å². The summed E-state index contributed by atoms with van der Waals surface area (Å²) in [6, 6.07) is 8.08. The molecule has 0 unspecified atom stereocenters. The van der Waals surface area contributed by atoms with Crippen molar-refractivity contribution >= 4 is 22.0 Å². The summed E-state index contributed by atoms with van der Waals surface area (Å²) >= 11 is 0. The number of hydrogen-bond acceptors (Lipinski definition) is 4. The van der Waals surface area contributed by atoms with Gasteiger partial charge in [-0.05, 0) is 31.4 Å². The normalized spacial score (nSPS) is 20.0. The minimum Gasteiger partial charge on any atom is -0.352 e. The lowest BCUT2D eigenvalue weighted by Crippen LogP contribution is -2.50. The molecule has 1 amide bonds. The lowest BCUT2D eigenvalue weighted by molar-refractivity contribution is -0.122. The fourth-order valence-corrected chi connectivity index (χ4v) is 3.95. The van der Waals surface area contributed by atoms with Crippen LogP contribution in [0.25, 0.3) is 6.08 Å². The van der Waals surface area contributed by atoms with Crippen molar-refractivity contribution in [3.63, 3.8) is 0 Å². The smallest absolute Gasteiger partial charge is 0.236 e. The minimum atomic E-state index is -3.43. The summed E-state index contributed by atoms with van der Waals surface area (Å²) in [4.78, 5) is 13.8. The van der Waals surface area contributed by atoms with Crippen molar-refractivity contribution in [3.05, 3.63) is 40.8 Å². The van der Waals surface area contributed by atoms with Crippen molar-refractivity contribution < 1.29 is 13.2 Å². The maximum Gasteiger partial charge on any atom is 0.236 e. The fraction of sp³-hybridized carbons (Fsp3) is 0.500. The van der Waals surface area contributed by atoms with Gasteiger partial charge in [0.05, 0.1) is 6.54 Å². The van der Waals surface area contributed by atoms with E-state index in [4.69, 9.17) is 0 Å². The molecule has 0 spiro atoms. The van der Waals surface area contributed by atoms with Gasteiger partial charge in [0, 0.05) is 37.6 Å². The van der Waals surface area contributed by atoms with Gasteiger partial charge in [-0.1, -0.05) is 29.8 Å². The Morgan fingerprint density at radius 3 is 2.40 bits per heavy atom. The zero-order valence-electron chi connectivity index (χ0n) is 14.5. The van der Waals surface area contributed by atoms with Crippen LogP contribution in [0.2, 0.25) is 0 Å². The molecule has 0 radical (unpaired) electrons. The summed E-state index contributed by atoms with van der Waals surface area (Å²) in [5.74, 6) is 0.0399. The average Bonchev–Trinajstić information content (AvgIpc) is 3.39. The van der Waals surface area contributed by atoms with E-state index in [1.165, 1.54) is 9.71 Å². The molecule has 1 aromatic carbocycles. The number of hydrogen-bond donors (Lipinski definition) is 1. The Labute approximate surface area is 149 Å². The van der Waals surface area contributed by atoms with Crippen LogP contribution in [0.5, 0.6) is 0 Å². The number of carbonyl (C=O) groups excluding carboxylic acids is 1. The largest absolute Gasteiger partial charge is 0.352 e. The third-order valence-electron chi connectivity index (χ3n) is 4.51. The van der Waals surface area contributed by atoms with Crippen LogP contribution in [0, 0.1) is 6.92 Å². The summed E-state index contributed by atoms with van der Waals surface area (Å²) in [5.41, 5.74) is 2.01. The number of benzene rings is 1. The van der Waals surface area contributed by atoms with Gasteiger partial charge in [-0.2, -0.15) is 4.31 Å². The van der Waals surface area contributed by atoms with Crippen LogP contribution in [-0.2, 0) is 14.8 Å². The van der Waals surface area contributed by atoms with Crippen molar-refractivity contribution in [3.8, 4) is 0 Å². The second-order valence-corrected chi connectivity index (χ2v) is 8.59. The monoisotopic (exact) mass is 363 g/mol. The van der Waals surface area contributed by atoms with E-state index >= 15 is 0 Å². The van der Waals surface area contributed by atoms with Gasteiger partial charge in [0.15, 0.2) is 0 Å². The lowest BCUT2D eigenvalue weighted by Gasteiger charge is -2.32. The van der Waals surface area contributed by atoms with Gasteiger partial charge in [-0.15, -0.1) is 0 Å². The molecule has 2 aliphatic rings. The van der Waals surface area contributed by atoms with Gasteiger partial charge >= 0.3 is 0 Å². The third-order valence-corrected chi connectivity index (χ3v) is 6.08. The quantitative estimate of drug-likeness (QED) is 0.824. The molecule has 1 saturated heterocycles. The number of nitrogens with one attached hydrogen (secondary N) is 1. The highest BCUT2D eigenvalue weighted by molar-refractivity contribution is 7.92. The average molecular weight is 363 g/mol. The van der Waals surface area contributed by atoms with E-state index in [-0.39, 0.29) is 5.91 Å². The molecule has 1 heterocycles. The van der Waals surface area contributed by atoms with E-state index < -0.39 is 10.0 Å². The number of carbonyl (C=O) groups is 1. The first-order valence-corrected chi connectivity index (χ1v) is 10.2. The first kappa shape index (κ1) is 18.1. The second kappa shape index (κ2) is 7.68. The number of amides is 1. The molecule has 1 N–H and O–H groups in total. The highest BCUT2D eigenvalue weighted by atomic mass is 32.2. The summed E-state index contributed by atoms with van der Waals surface area (Å²) in [6.45, 7) is 4.33. The zero-order chi connectivity index (χ0) is 17.9. The molecule has 0 bridgehead atoms. The topological polar surface area (TPSA) is 69.7 Å². The molecule has 0 aromatic heterocycles. The van der Waals surface area contributed by atoms with Gasteiger partial charge in [0.2, 0.25) is 15.9 Å². The Hall–Kier alpha value is -1.70. The first-order valence-electron chi connectivity index (χ1n) is 8.69. The molecular formula is C18H25N3O3S. The van der Waals surface area contributed by atoms with E-state index in [9.17, 15) is 13.2 Å². The Morgan fingerprint density at radius 2 is 1.80 bits per heavy atom. The molecular weight excluding hydrogens is 338 g/mol. The van der Waals surface area contributed by atoms with Crippen LogP contribution >= 0.6 is 0 Å². The van der Waals surface area contributed by atoms with Crippen LogP contribution in [0.4, 0.5) is 0 Å². The molecule has 25 heavy (non-hydrogen) atoms. The molecule has 7 heteroatoms. The second-order valence-electron chi connectivity index (χ2n) is 6.78. The number of nitrogens with zero attached hydrogens (tertiary/aromatic N) is 2. The third kappa shape index (κ3) is 5.39. The molecule has 3 rings (SSSR count). The molecule has 1 saturated carbocycles. The first-order chi connectivity index (χ1) is 11.9. The Morgan fingerprint density at radius 1 is 1.16 bits per heavy atom. The van der Waals surface area contributed by atoms with Gasteiger partial charge < -0.3 is 5.32 Å². The lowest BCUT2D eigenvalue weighted by atomic mass is 10.2. The van der Waals surface area contributed by atoms with E-state index in [1.807, 2.05) is 36.1 Å². The molecule has 1 aliphatic heterocycles. The van der Waals surface area contributed by atoms with E-state index in [2.05, 4.69) is 5.32 Å². The number of sulfonamides is 1. The van der Waals surface area contributed by atoms with E-state index in [1.54, 1.807) is 6.08 Å². The van der Waals surface area contributed by atoms with Crippen LogP contribution < -0.4 is 5.32 Å². The van der Waals surface area contributed by atoms with Gasteiger partial charge in [-0.3, -0.25) is 9.69 Å². The summed E-state index contributed by atoms with van der Waals surface area (Å²) in [5, 5.41) is 4.23. The highest BCUT2D eigenvalue weighted by Gasteiger charge is 2.28. The van der Waals surface area contributed by atoms with Gasteiger partial charge in [-0.25, -0.2) is 8.42 Å². The van der Waals surface area contributed by atoms with Crippen molar-refractivity contribution in [1.29, 1.82) is 0 Å². The maximum atomic E-state index is 12.4. The molecule has 6 nitrogen and oxygen atoms in total. The Balaban J connectivity index is 1.50. The SMILES string of the molecule is Cc1ccc(/C=C/S(=O)(=O)N2CCN(CC(=O)NC3CC3)CC2)cc1. The molecule has 2 fully saturated rings.